The summed E-state index contributed by atoms with van der Waals surface area (Å²) in [4.78, 5) is 13.0. The van der Waals surface area contributed by atoms with E-state index in [-0.39, 0.29) is 23.1 Å². The van der Waals surface area contributed by atoms with E-state index in [9.17, 15) is 21.6 Å². The molecule has 0 bridgehead atoms. The van der Waals surface area contributed by atoms with Crippen LogP contribution in [0.4, 0.5) is 13.2 Å². The van der Waals surface area contributed by atoms with Crippen LogP contribution in [0, 0.1) is 0 Å². The fourth-order valence-corrected chi connectivity index (χ4v) is 4.80. The number of carbonyl (C=O) groups is 1. The maximum absolute atomic E-state index is 12.8. The Labute approximate surface area is 166 Å². The summed E-state index contributed by atoms with van der Waals surface area (Å²) in [5.41, 5.74) is 0. The molecule has 162 valence electrons. The first kappa shape index (κ1) is 23.3. The van der Waals surface area contributed by atoms with E-state index in [0.29, 0.717) is 19.8 Å². The predicted molar refractivity (Wildman–Crippen MR) is 94.5 cm³/mol. The molecule has 1 N–H and O–H groups in total. The van der Waals surface area contributed by atoms with Gasteiger partial charge in [0.15, 0.2) is 0 Å². The van der Waals surface area contributed by atoms with Crippen molar-refractivity contribution < 1.29 is 41.0 Å². The van der Waals surface area contributed by atoms with E-state index in [1.165, 1.54) is 6.20 Å². The second-order valence-electron chi connectivity index (χ2n) is 6.25. The van der Waals surface area contributed by atoms with Gasteiger partial charge in [0.05, 0.1) is 25.4 Å². The van der Waals surface area contributed by atoms with Crippen LogP contribution in [0.5, 0.6) is 0 Å². The van der Waals surface area contributed by atoms with Gasteiger partial charge in [-0.3, -0.25) is 4.98 Å². The lowest BCUT2D eigenvalue weighted by molar-refractivity contribution is -0.192. The molecule has 8 nitrogen and oxygen atoms in total. The highest BCUT2D eigenvalue weighted by Crippen LogP contribution is 2.35. The third-order valence-electron chi connectivity index (χ3n) is 4.40. The summed E-state index contributed by atoms with van der Waals surface area (Å²) in [5, 5.41) is 7.12. The Hall–Kier alpha value is -2.02. The normalized spacial score (nSPS) is 24.9. The van der Waals surface area contributed by atoms with Crippen molar-refractivity contribution in [3.63, 3.8) is 0 Å². The topological polar surface area (TPSA) is 106 Å². The predicted octanol–water partition coefficient (Wildman–Crippen LogP) is 1.84. The van der Waals surface area contributed by atoms with Crippen molar-refractivity contribution in [3.05, 3.63) is 37.2 Å². The van der Waals surface area contributed by atoms with Crippen molar-refractivity contribution in [3.8, 4) is 0 Å². The molecular weight excluding hydrogens is 417 g/mol. The van der Waals surface area contributed by atoms with Crippen LogP contribution in [0.25, 0.3) is 0 Å². The van der Waals surface area contributed by atoms with E-state index in [1.54, 1.807) is 28.7 Å². The third-order valence-corrected chi connectivity index (χ3v) is 6.30. The lowest BCUT2D eigenvalue weighted by Gasteiger charge is -2.37. The maximum Gasteiger partial charge on any atom is 0.490 e. The smallest absolute Gasteiger partial charge is 0.475 e. The van der Waals surface area contributed by atoms with Gasteiger partial charge in [-0.15, -0.1) is 6.58 Å². The van der Waals surface area contributed by atoms with E-state index in [0.717, 1.165) is 12.8 Å². The van der Waals surface area contributed by atoms with Crippen LogP contribution in [0.3, 0.4) is 0 Å². The highest BCUT2D eigenvalue weighted by molar-refractivity contribution is 7.89. The summed E-state index contributed by atoms with van der Waals surface area (Å²) in [6, 6.07) is 3.04. The molecule has 1 saturated heterocycles. The van der Waals surface area contributed by atoms with Crippen LogP contribution in [0.15, 0.2) is 42.1 Å². The number of rotatable bonds is 5. The summed E-state index contributed by atoms with van der Waals surface area (Å²) in [7, 11) is -3.55. The second kappa shape index (κ2) is 9.65. The van der Waals surface area contributed by atoms with Crippen LogP contribution < -0.4 is 0 Å². The van der Waals surface area contributed by atoms with Crippen LogP contribution in [0.2, 0.25) is 0 Å². The lowest BCUT2D eigenvalue weighted by atomic mass is 10.1. The Morgan fingerprint density at radius 1 is 1.45 bits per heavy atom. The molecule has 2 heterocycles. The van der Waals surface area contributed by atoms with E-state index < -0.39 is 22.2 Å². The van der Waals surface area contributed by atoms with Crippen molar-refractivity contribution in [1.82, 2.24) is 9.29 Å². The van der Waals surface area contributed by atoms with Gasteiger partial charge < -0.3 is 14.6 Å². The number of morpholine rings is 1. The SMILES string of the molecule is C=CCO[C@H]1CC[C@H]2[C@H]1OCCN2S(=O)(=O)c1cccnc1.O=C(O)C(F)(F)F. The fourth-order valence-electron chi connectivity index (χ4n) is 3.19. The van der Waals surface area contributed by atoms with Gasteiger partial charge in [0.1, 0.15) is 11.0 Å². The van der Waals surface area contributed by atoms with Crippen LogP contribution in [0.1, 0.15) is 12.8 Å². The molecule has 1 aliphatic carbocycles. The molecule has 1 aromatic heterocycles. The number of alkyl halides is 3. The zero-order chi connectivity index (χ0) is 21.7. The van der Waals surface area contributed by atoms with Gasteiger partial charge >= 0.3 is 12.1 Å². The molecule has 0 aromatic carbocycles. The number of hydrogen-bond acceptors (Lipinski definition) is 6. The van der Waals surface area contributed by atoms with Crippen molar-refractivity contribution in [1.29, 1.82) is 0 Å². The van der Waals surface area contributed by atoms with Gasteiger partial charge in [-0.05, 0) is 25.0 Å². The van der Waals surface area contributed by atoms with Gasteiger partial charge in [-0.25, -0.2) is 13.2 Å². The molecule has 2 aliphatic rings. The molecule has 3 atom stereocenters. The average molecular weight is 438 g/mol. The number of aliphatic carboxylic acids is 1. The first-order valence-electron chi connectivity index (χ1n) is 8.65. The van der Waals surface area contributed by atoms with E-state index >= 15 is 0 Å². The Morgan fingerprint density at radius 2 is 2.14 bits per heavy atom. The number of ether oxygens (including phenoxy) is 2. The molecule has 2 fully saturated rings. The number of sulfonamides is 1. The van der Waals surface area contributed by atoms with Gasteiger partial charge in [0, 0.05) is 18.9 Å². The van der Waals surface area contributed by atoms with Crippen molar-refractivity contribution in [2.75, 3.05) is 19.8 Å². The Balaban J connectivity index is 0.000000370. The zero-order valence-electron chi connectivity index (χ0n) is 15.3. The minimum Gasteiger partial charge on any atom is -0.475 e. The first-order chi connectivity index (χ1) is 13.6. The maximum atomic E-state index is 12.8. The van der Waals surface area contributed by atoms with Gasteiger partial charge in [0.2, 0.25) is 10.0 Å². The molecule has 3 rings (SSSR count). The summed E-state index contributed by atoms with van der Waals surface area (Å²) in [6.45, 7) is 4.84. The average Bonchev–Trinajstić information content (AvgIpc) is 3.09. The van der Waals surface area contributed by atoms with Crippen LogP contribution in [-0.4, -0.2) is 73.0 Å². The van der Waals surface area contributed by atoms with Crippen molar-refractivity contribution in [2.24, 2.45) is 0 Å². The number of aromatic nitrogens is 1. The van der Waals surface area contributed by atoms with Crippen molar-refractivity contribution in [2.45, 2.75) is 42.2 Å². The highest BCUT2D eigenvalue weighted by atomic mass is 32.2. The van der Waals surface area contributed by atoms with Crippen LogP contribution in [-0.2, 0) is 24.3 Å². The van der Waals surface area contributed by atoms with Crippen LogP contribution >= 0.6 is 0 Å². The molecule has 0 unspecified atom stereocenters. The number of halogens is 3. The van der Waals surface area contributed by atoms with Gasteiger partial charge in [-0.1, -0.05) is 6.08 Å². The fraction of sp³-hybridized carbons (Fsp3) is 0.529. The number of carboxylic acid groups (broad SMARTS) is 1. The third kappa shape index (κ3) is 5.75. The molecule has 0 radical (unpaired) electrons. The lowest BCUT2D eigenvalue weighted by Crippen LogP contribution is -2.53. The molecule has 29 heavy (non-hydrogen) atoms. The molecule has 0 spiro atoms. The summed E-state index contributed by atoms with van der Waals surface area (Å²) in [5.74, 6) is -2.76. The second-order valence-corrected chi connectivity index (χ2v) is 8.14. The summed E-state index contributed by atoms with van der Waals surface area (Å²) >= 11 is 0. The number of carboxylic acids is 1. The minimum atomic E-state index is -5.08. The highest BCUT2D eigenvalue weighted by Gasteiger charge is 2.47. The Kier molecular flexibility index (Phi) is 7.74. The molecule has 1 aromatic rings. The Morgan fingerprint density at radius 3 is 2.69 bits per heavy atom. The standard InChI is InChI=1S/C15H20N2O4S.C2HF3O2/c1-2-9-20-14-6-5-13-15(14)21-10-8-17(13)22(18,19)12-4-3-7-16-11-12;3-2(4,5)1(6)7/h2-4,7,11,13-15H,1,5-6,8-10H2;(H,6,7)/t13-,14-,15+;/m0./s1. The number of hydrogen-bond donors (Lipinski definition) is 1. The van der Waals surface area contributed by atoms with Gasteiger partial charge in [0.25, 0.3) is 0 Å². The van der Waals surface area contributed by atoms with Crippen molar-refractivity contribution >= 4 is 16.0 Å². The zero-order valence-corrected chi connectivity index (χ0v) is 16.1. The molecule has 1 saturated carbocycles. The summed E-state index contributed by atoms with van der Waals surface area (Å²) < 4.78 is 70.4. The first-order valence-corrected chi connectivity index (χ1v) is 10.1. The minimum absolute atomic E-state index is 0.0742. The monoisotopic (exact) mass is 438 g/mol. The quantitative estimate of drug-likeness (QED) is 0.699. The number of pyridine rings is 1. The van der Waals surface area contributed by atoms with E-state index in [4.69, 9.17) is 19.4 Å². The summed E-state index contributed by atoms with van der Waals surface area (Å²) in [6.07, 6.45) is 0.820. The van der Waals surface area contributed by atoms with E-state index in [1.807, 2.05) is 0 Å². The molecule has 12 heteroatoms. The number of nitrogens with zero attached hydrogens (tertiary/aromatic N) is 2. The largest absolute Gasteiger partial charge is 0.490 e. The Bertz CT molecular complexity index is 803. The molecular formula is C17H21F3N2O6S. The number of fused-ring (bicyclic) bond motifs is 1. The molecule has 0 amide bonds. The van der Waals surface area contributed by atoms with E-state index in [2.05, 4.69) is 11.6 Å². The van der Waals surface area contributed by atoms with Gasteiger partial charge in [-0.2, -0.15) is 17.5 Å². The molecule has 1 aliphatic heterocycles.